The Morgan fingerprint density at radius 2 is 2.12 bits per heavy atom. The van der Waals surface area contributed by atoms with Gasteiger partial charge in [-0.1, -0.05) is 19.3 Å². The van der Waals surface area contributed by atoms with Gasteiger partial charge in [0.05, 0.1) is 0 Å². The molecule has 0 aliphatic heterocycles. The molecule has 88 valence electrons. The van der Waals surface area contributed by atoms with Crippen LogP contribution in [0.1, 0.15) is 48.3 Å². The highest BCUT2D eigenvalue weighted by atomic mass is 16.2. The summed E-state index contributed by atoms with van der Waals surface area (Å²) in [6, 6.07) is 2.21. The van der Waals surface area contributed by atoms with Crippen LogP contribution in [0.25, 0.3) is 0 Å². The van der Waals surface area contributed by atoms with Crippen molar-refractivity contribution in [3.05, 3.63) is 17.5 Å². The molecule has 0 unspecified atom stereocenters. The van der Waals surface area contributed by atoms with Crippen molar-refractivity contribution in [2.45, 2.75) is 45.1 Å². The summed E-state index contributed by atoms with van der Waals surface area (Å²) in [5, 5.41) is 6.83. The Morgan fingerprint density at radius 1 is 1.44 bits per heavy atom. The van der Waals surface area contributed by atoms with Crippen molar-refractivity contribution >= 4 is 5.91 Å². The zero-order chi connectivity index (χ0) is 11.5. The molecule has 1 fully saturated rings. The summed E-state index contributed by atoms with van der Waals surface area (Å²) >= 11 is 0. The van der Waals surface area contributed by atoms with Crippen LogP contribution >= 0.6 is 0 Å². The van der Waals surface area contributed by atoms with Crippen molar-refractivity contribution in [2.75, 3.05) is 7.05 Å². The van der Waals surface area contributed by atoms with Gasteiger partial charge in [-0.25, -0.2) is 0 Å². The summed E-state index contributed by atoms with van der Waals surface area (Å²) in [5.74, 6) is 0.0382. The van der Waals surface area contributed by atoms with E-state index in [0.29, 0.717) is 11.7 Å². The van der Waals surface area contributed by atoms with Gasteiger partial charge in [0, 0.05) is 18.8 Å². The van der Waals surface area contributed by atoms with Crippen molar-refractivity contribution in [1.82, 2.24) is 15.1 Å². The maximum atomic E-state index is 12.1. The monoisotopic (exact) mass is 221 g/mol. The number of carbonyl (C=O) groups excluding carboxylic acids is 1. The number of aryl methyl sites for hydroxylation is 1. The molecule has 0 spiro atoms. The first-order valence-electron chi connectivity index (χ1n) is 5.97. The highest BCUT2D eigenvalue weighted by molar-refractivity contribution is 5.92. The fourth-order valence-corrected chi connectivity index (χ4v) is 2.34. The topological polar surface area (TPSA) is 49.0 Å². The van der Waals surface area contributed by atoms with Crippen LogP contribution in [-0.2, 0) is 0 Å². The number of aromatic amines is 1. The molecule has 1 aromatic heterocycles. The number of hydrogen-bond acceptors (Lipinski definition) is 2. The van der Waals surface area contributed by atoms with Gasteiger partial charge in [0.1, 0.15) is 5.69 Å². The predicted molar refractivity (Wildman–Crippen MR) is 62.3 cm³/mol. The minimum Gasteiger partial charge on any atom is -0.337 e. The van der Waals surface area contributed by atoms with Crippen LogP contribution in [0.3, 0.4) is 0 Å². The zero-order valence-electron chi connectivity index (χ0n) is 9.99. The quantitative estimate of drug-likeness (QED) is 0.831. The molecule has 4 heteroatoms. The number of amides is 1. The van der Waals surface area contributed by atoms with Gasteiger partial charge in [-0.3, -0.25) is 9.89 Å². The lowest BCUT2D eigenvalue weighted by atomic mass is 9.94. The van der Waals surface area contributed by atoms with Crippen LogP contribution in [0.2, 0.25) is 0 Å². The average Bonchev–Trinajstić information content (AvgIpc) is 2.75. The summed E-state index contributed by atoms with van der Waals surface area (Å²) in [6.07, 6.45) is 6.04. The summed E-state index contributed by atoms with van der Waals surface area (Å²) < 4.78 is 0. The molecule has 0 aromatic carbocycles. The normalized spacial score (nSPS) is 17.4. The van der Waals surface area contributed by atoms with Crippen molar-refractivity contribution < 1.29 is 4.79 Å². The Hall–Kier alpha value is -1.32. The molecule has 0 saturated heterocycles. The van der Waals surface area contributed by atoms with E-state index in [-0.39, 0.29) is 5.91 Å². The molecule has 1 aliphatic rings. The van der Waals surface area contributed by atoms with Gasteiger partial charge in [-0.15, -0.1) is 0 Å². The van der Waals surface area contributed by atoms with Crippen LogP contribution in [0.5, 0.6) is 0 Å². The number of H-pyrrole nitrogens is 1. The second-order valence-electron chi connectivity index (χ2n) is 4.64. The van der Waals surface area contributed by atoms with E-state index in [2.05, 4.69) is 10.2 Å². The molecule has 0 atom stereocenters. The summed E-state index contributed by atoms with van der Waals surface area (Å²) in [7, 11) is 1.89. The van der Waals surface area contributed by atoms with Crippen LogP contribution < -0.4 is 0 Å². The van der Waals surface area contributed by atoms with Gasteiger partial charge in [0.15, 0.2) is 0 Å². The van der Waals surface area contributed by atoms with E-state index in [4.69, 9.17) is 0 Å². The number of nitrogens with one attached hydrogen (secondary N) is 1. The maximum Gasteiger partial charge on any atom is 0.274 e. The SMILES string of the molecule is Cc1cc(C(=O)N(C)C2CCCCC2)n[nH]1. The number of aromatic nitrogens is 2. The van der Waals surface area contributed by atoms with Crippen LogP contribution in [-0.4, -0.2) is 34.1 Å². The lowest BCUT2D eigenvalue weighted by Gasteiger charge is -2.30. The first-order chi connectivity index (χ1) is 7.68. The third-order valence-electron chi connectivity index (χ3n) is 3.37. The molecule has 1 amide bonds. The molecule has 1 heterocycles. The zero-order valence-corrected chi connectivity index (χ0v) is 9.99. The third-order valence-corrected chi connectivity index (χ3v) is 3.37. The van der Waals surface area contributed by atoms with E-state index in [9.17, 15) is 4.79 Å². The van der Waals surface area contributed by atoms with Crippen molar-refractivity contribution in [1.29, 1.82) is 0 Å². The summed E-state index contributed by atoms with van der Waals surface area (Å²) in [6.45, 7) is 1.91. The highest BCUT2D eigenvalue weighted by Crippen LogP contribution is 2.22. The van der Waals surface area contributed by atoms with Gasteiger partial charge in [-0.2, -0.15) is 5.10 Å². The van der Waals surface area contributed by atoms with Crippen LogP contribution in [0, 0.1) is 6.92 Å². The van der Waals surface area contributed by atoms with E-state index in [0.717, 1.165) is 18.5 Å². The van der Waals surface area contributed by atoms with E-state index >= 15 is 0 Å². The molecule has 1 aliphatic carbocycles. The second-order valence-corrected chi connectivity index (χ2v) is 4.64. The van der Waals surface area contributed by atoms with Crippen molar-refractivity contribution in [3.63, 3.8) is 0 Å². The van der Waals surface area contributed by atoms with Gasteiger partial charge >= 0.3 is 0 Å². The fourth-order valence-electron chi connectivity index (χ4n) is 2.34. The molecule has 1 N–H and O–H groups in total. The Balaban J connectivity index is 2.03. The van der Waals surface area contributed by atoms with E-state index in [1.807, 2.05) is 24.9 Å². The average molecular weight is 221 g/mol. The second kappa shape index (κ2) is 4.68. The molecular weight excluding hydrogens is 202 g/mol. The van der Waals surface area contributed by atoms with Crippen molar-refractivity contribution in [2.24, 2.45) is 0 Å². The summed E-state index contributed by atoms with van der Waals surface area (Å²) in [4.78, 5) is 14.0. The number of hydrogen-bond donors (Lipinski definition) is 1. The lowest BCUT2D eigenvalue weighted by molar-refractivity contribution is 0.0690. The van der Waals surface area contributed by atoms with E-state index < -0.39 is 0 Å². The number of carbonyl (C=O) groups is 1. The number of nitrogens with zero attached hydrogens (tertiary/aromatic N) is 2. The highest BCUT2D eigenvalue weighted by Gasteiger charge is 2.24. The van der Waals surface area contributed by atoms with E-state index in [1.165, 1.54) is 19.3 Å². The smallest absolute Gasteiger partial charge is 0.274 e. The van der Waals surface area contributed by atoms with Gasteiger partial charge in [-0.05, 0) is 25.8 Å². The Morgan fingerprint density at radius 3 is 2.69 bits per heavy atom. The summed E-state index contributed by atoms with van der Waals surface area (Å²) in [5.41, 5.74) is 1.46. The van der Waals surface area contributed by atoms with Gasteiger partial charge in [0.2, 0.25) is 0 Å². The first kappa shape index (κ1) is 11.2. The lowest BCUT2D eigenvalue weighted by Crippen LogP contribution is -2.38. The van der Waals surface area contributed by atoms with Crippen LogP contribution in [0.15, 0.2) is 6.07 Å². The minimum atomic E-state index is 0.0382. The Bertz CT molecular complexity index is 366. The third kappa shape index (κ3) is 2.26. The van der Waals surface area contributed by atoms with E-state index in [1.54, 1.807) is 0 Å². The van der Waals surface area contributed by atoms with Gasteiger partial charge < -0.3 is 4.90 Å². The molecule has 0 bridgehead atoms. The largest absolute Gasteiger partial charge is 0.337 e. The fraction of sp³-hybridized carbons (Fsp3) is 0.667. The molecule has 1 aromatic rings. The maximum absolute atomic E-state index is 12.1. The molecule has 2 rings (SSSR count). The predicted octanol–water partition coefficient (Wildman–Crippen LogP) is 2.12. The number of rotatable bonds is 2. The molecule has 16 heavy (non-hydrogen) atoms. The molecule has 4 nitrogen and oxygen atoms in total. The standard InChI is InChI=1S/C12H19N3O/c1-9-8-11(14-13-9)12(16)15(2)10-6-4-3-5-7-10/h8,10H,3-7H2,1-2H3,(H,13,14). The first-order valence-corrected chi connectivity index (χ1v) is 5.97. The Kier molecular flexibility index (Phi) is 3.27. The van der Waals surface area contributed by atoms with Crippen molar-refractivity contribution in [3.8, 4) is 0 Å². The minimum absolute atomic E-state index is 0.0382. The molecule has 0 radical (unpaired) electrons. The Labute approximate surface area is 96.0 Å². The molecular formula is C12H19N3O. The molecule has 1 saturated carbocycles. The van der Waals surface area contributed by atoms with Crippen LogP contribution in [0.4, 0.5) is 0 Å². The van der Waals surface area contributed by atoms with Gasteiger partial charge in [0.25, 0.3) is 5.91 Å².